The van der Waals surface area contributed by atoms with E-state index in [0.717, 1.165) is 29.7 Å². The summed E-state index contributed by atoms with van der Waals surface area (Å²) in [5, 5.41) is 1.40. The van der Waals surface area contributed by atoms with E-state index in [1.165, 1.54) is 12.1 Å². The Labute approximate surface area is 199 Å². The third kappa shape index (κ3) is 5.62. The monoisotopic (exact) mass is 476 g/mol. The average molecular weight is 476 g/mol. The lowest BCUT2D eigenvalue weighted by atomic mass is 10.1. The zero-order valence-electron chi connectivity index (χ0n) is 18.5. The maximum absolute atomic E-state index is 14.6. The minimum atomic E-state index is -0.964. The van der Waals surface area contributed by atoms with Crippen LogP contribution in [0.15, 0.2) is 60.7 Å². The number of benzene rings is 4. The molecule has 0 amide bonds. The lowest BCUT2D eigenvalue weighted by molar-refractivity contribution is 0.313. The molecular formula is C29H17F5O. The molecule has 0 fully saturated rings. The van der Waals surface area contributed by atoms with E-state index in [-0.39, 0.29) is 17.1 Å². The van der Waals surface area contributed by atoms with Crippen molar-refractivity contribution in [3.8, 4) is 29.4 Å². The van der Waals surface area contributed by atoms with Crippen LogP contribution in [0.4, 0.5) is 22.0 Å². The van der Waals surface area contributed by atoms with Gasteiger partial charge in [-0.3, -0.25) is 0 Å². The second kappa shape index (κ2) is 10.3. The van der Waals surface area contributed by atoms with Crippen LogP contribution in [0.5, 0.6) is 5.75 Å². The fraction of sp³-hybridized carbons (Fsp3) is 0.103. The third-order valence-electron chi connectivity index (χ3n) is 5.00. The summed E-state index contributed by atoms with van der Waals surface area (Å²) in [4.78, 5) is 0. The van der Waals surface area contributed by atoms with Crippen molar-refractivity contribution in [3.05, 3.63) is 112 Å². The molecule has 0 saturated heterocycles. The van der Waals surface area contributed by atoms with E-state index >= 15 is 0 Å². The van der Waals surface area contributed by atoms with Crippen LogP contribution in [-0.4, -0.2) is 6.61 Å². The molecule has 0 unspecified atom stereocenters. The topological polar surface area (TPSA) is 9.23 Å². The van der Waals surface area contributed by atoms with Gasteiger partial charge in [0.2, 0.25) is 0 Å². The quantitative estimate of drug-likeness (QED) is 0.226. The van der Waals surface area contributed by atoms with Crippen molar-refractivity contribution in [1.82, 2.24) is 0 Å². The minimum absolute atomic E-state index is 0.0333. The van der Waals surface area contributed by atoms with Gasteiger partial charge in [-0.2, -0.15) is 0 Å². The Balaban J connectivity index is 1.60. The number of fused-ring (bicyclic) bond motifs is 1. The largest absolute Gasteiger partial charge is 0.493 e. The third-order valence-corrected chi connectivity index (χ3v) is 5.00. The average Bonchev–Trinajstić information content (AvgIpc) is 2.81. The van der Waals surface area contributed by atoms with Gasteiger partial charge >= 0.3 is 0 Å². The molecule has 0 radical (unpaired) electrons. The Hall–Kier alpha value is -4.29. The molecule has 4 rings (SSSR count). The van der Waals surface area contributed by atoms with Crippen LogP contribution in [0.2, 0.25) is 0 Å². The summed E-state index contributed by atoms with van der Waals surface area (Å²) >= 11 is 0. The standard InChI is InChI=1S/C29H17F5O/c1-2-11-35-23-16-28(33)25(29(34)17-23)10-5-19-13-26(31)24(27(32)14-19)9-4-18-3-6-21-15-22(30)8-7-20(21)12-18/h3,6-8,12-17H,2,11H2,1H3. The maximum Gasteiger partial charge on any atom is 0.145 e. The second-order valence-electron chi connectivity index (χ2n) is 7.63. The normalized spacial score (nSPS) is 10.3. The van der Waals surface area contributed by atoms with Crippen molar-refractivity contribution < 1.29 is 26.7 Å². The molecule has 0 heterocycles. The Morgan fingerprint density at radius 2 is 1.14 bits per heavy atom. The molecule has 0 atom stereocenters. The first-order chi connectivity index (χ1) is 16.8. The van der Waals surface area contributed by atoms with Gasteiger partial charge in [-0.25, -0.2) is 22.0 Å². The van der Waals surface area contributed by atoms with Gasteiger partial charge in [0.25, 0.3) is 0 Å². The highest BCUT2D eigenvalue weighted by atomic mass is 19.1. The molecule has 4 aromatic rings. The van der Waals surface area contributed by atoms with Gasteiger partial charge in [-0.05, 0) is 53.6 Å². The summed E-state index contributed by atoms with van der Waals surface area (Å²) in [6, 6.07) is 13.1. The van der Waals surface area contributed by atoms with E-state index in [0.29, 0.717) is 24.0 Å². The van der Waals surface area contributed by atoms with Crippen LogP contribution in [0, 0.1) is 52.8 Å². The number of hydrogen-bond acceptors (Lipinski definition) is 1. The number of halogens is 5. The molecular weight excluding hydrogens is 459 g/mol. The molecule has 0 aliphatic heterocycles. The van der Waals surface area contributed by atoms with E-state index in [4.69, 9.17) is 4.74 Å². The van der Waals surface area contributed by atoms with Gasteiger partial charge in [0, 0.05) is 23.3 Å². The van der Waals surface area contributed by atoms with Crippen LogP contribution in [0.25, 0.3) is 10.8 Å². The van der Waals surface area contributed by atoms with Crippen molar-refractivity contribution in [2.75, 3.05) is 6.61 Å². The summed E-state index contributed by atoms with van der Waals surface area (Å²) in [6.07, 6.45) is 0.672. The molecule has 0 bridgehead atoms. The first-order valence-corrected chi connectivity index (χ1v) is 10.7. The fourth-order valence-corrected chi connectivity index (χ4v) is 3.30. The molecule has 0 spiro atoms. The highest BCUT2D eigenvalue weighted by molar-refractivity contribution is 5.84. The molecule has 4 aromatic carbocycles. The van der Waals surface area contributed by atoms with E-state index in [9.17, 15) is 22.0 Å². The molecule has 174 valence electrons. The molecule has 1 nitrogen and oxygen atoms in total. The van der Waals surface area contributed by atoms with E-state index < -0.39 is 34.4 Å². The van der Waals surface area contributed by atoms with Gasteiger partial charge in [0.05, 0.1) is 17.7 Å². The van der Waals surface area contributed by atoms with Crippen LogP contribution in [-0.2, 0) is 0 Å². The van der Waals surface area contributed by atoms with Crippen molar-refractivity contribution >= 4 is 10.8 Å². The Morgan fingerprint density at radius 3 is 1.77 bits per heavy atom. The number of rotatable bonds is 3. The van der Waals surface area contributed by atoms with Crippen molar-refractivity contribution in [1.29, 1.82) is 0 Å². The van der Waals surface area contributed by atoms with E-state index in [1.54, 1.807) is 24.3 Å². The Bertz CT molecular complexity index is 1500. The number of hydrogen-bond donors (Lipinski definition) is 0. The predicted octanol–water partition coefficient (Wildman–Crippen LogP) is 7.12. The fourth-order valence-electron chi connectivity index (χ4n) is 3.30. The molecule has 0 aliphatic carbocycles. The van der Waals surface area contributed by atoms with Gasteiger partial charge in [-0.1, -0.05) is 42.7 Å². The molecule has 0 saturated carbocycles. The Kier molecular flexibility index (Phi) is 7.03. The molecule has 0 N–H and O–H groups in total. The van der Waals surface area contributed by atoms with E-state index in [1.807, 2.05) is 6.92 Å². The smallest absolute Gasteiger partial charge is 0.145 e. The van der Waals surface area contributed by atoms with Crippen LogP contribution >= 0.6 is 0 Å². The van der Waals surface area contributed by atoms with Gasteiger partial charge in [0.1, 0.15) is 34.8 Å². The molecule has 0 aromatic heterocycles. The van der Waals surface area contributed by atoms with Crippen molar-refractivity contribution in [2.45, 2.75) is 13.3 Å². The first kappa shape index (κ1) is 23.9. The Morgan fingerprint density at radius 1 is 0.600 bits per heavy atom. The van der Waals surface area contributed by atoms with Crippen molar-refractivity contribution in [3.63, 3.8) is 0 Å². The first-order valence-electron chi connectivity index (χ1n) is 10.7. The minimum Gasteiger partial charge on any atom is -0.493 e. The summed E-state index contributed by atoms with van der Waals surface area (Å²) in [5.74, 6) is 5.67. The van der Waals surface area contributed by atoms with Gasteiger partial charge < -0.3 is 4.74 Å². The zero-order chi connectivity index (χ0) is 24.9. The molecule has 6 heteroatoms. The summed E-state index contributed by atoms with van der Waals surface area (Å²) in [5.41, 5.74) is -0.619. The summed E-state index contributed by atoms with van der Waals surface area (Å²) < 4.78 is 76.1. The predicted molar refractivity (Wildman–Crippen MR) is 124 cm³/mol. The van der Waals surface area contributed by atoms with Gasteiger partial charge in [-0.15, -0.1) is 0 Å². The lowest BCUT2D eigenvalue weighted by Gasteiger charge is -2.06. The van der Waals surface area contributed by atoms with Crippen LogP contribution in [0.3, 0.4) is 0 Å². The van der Waals surface area contributed by atoms with E-state index in [2.05, 4.69) is 23.7 Å². The SMILES string of the molecule is CCCOc1cc(F)c(C#Cc2cc(F)c(C#Cc3ccc4cc(F)ccc4c3)c(F)c2)c(F)c1. The van der Waals surface area contributed by atoms with Crippen molar-refractivity contribution in [2.24, 2.45) is 0 Å². The lowest BCUT2D eigenvalue weighted by Crippen LogP contribution is -1.98. The molecule has 35 heavy (non-hydrogen) atoms. The highest BCUT2D eigenvalue weighted by Gasteiger charge is 2.11. The summed E-state index contributed by atoms with van der Waals surface area (Å²) in [7, 11) is 0. The van der Waals surface area contributed by atoms with Gasteiger partial charge in [0.15, 0.2) is 0 Å². The summed E-state index contributed by atoms with van der Waals surface area (Å²) in [6.45, 7) is 2.16. The zero-order valence-corrected chi connectivity index (χ0v) is 18.5. The van der Waals surface area contributed by atoms with Crippen LogP contribution < -0.4 is 4.74 Å². The number of ether oxygens (including phenoxy) is 1. The highest BCUT2D eigenvalue weighted by Crippen LogP contribution is 2.21. The second-order valence-corrected chi connectivity index (χ2v) is 7.63. The molecule has 0 aliphatic rings. The maximum atomic E-state index is 14.6. The van der Waals surface area contributed by atoms with Crippen LogP contribution in [0.1, 0.15) is 35.6 Å².